The van der Waals surface area contributed by atoms with E-state index in [1.54, 1.807) is 19.9 Å². The second-order valence-corrected chi connectivity index (χ2v) is 4.91. The second-order valence-electron chi connectivity index (χ2n) is 3.54. The first kappa shape index (κ1) is 14.4. The van der Waals surface area contributed by atoms with Crippen LogP contribution in [0.1, 0.15) is 40.1 Å². The van der Waals surface area contributed by atoms with E-state index in [1.807, 2.05) is 6.07 Å². The van der Waals surface area contributed by atoms with Gasteiger partial charge in [-0.05, 0) is 19.9 Å². The van der Waals surface area contributed by atoms with Crippen LogP contribution >= 0.6 is 15.9 Å². The number of ketones is 1. The molecule has 0 radical (unpaired) electrons. The number of benzene rings is 1. The molecule has 94 valence electrons. The van der Waals surface area contributed by atoms with Gasteiger partial charge in [-0.15, -0.1) is 0 Å². The fourth-order valence-corrected chi connectivity index (χ4v) is 1.73. The van der Waals surface area contributed by atoms with E-state index >= 15 is 0 Å². The summed E-state index contributed by atoms with van der Waals surface area (Å²) in [5, 5.41) is 9.00. The summed E-state index contributed by atoms with van der Waals surface area (Å²) in [4.78, 5) is 23.4. The molecule has 0 N–H and O–H groups in total. The summed E-state index contributed by atoms with van der Waals surface area (Å²) >= 11 is 3.16. The van der Waals surface area contributed by atoms with Crippen molar-refractivity contribution in [3.05, 3.63) is 34.9 Å². The molecular formula is C13H12BrNO3. The lowest BCUT2D eigenvalue weighted by Gasteiger charge is -2.10. The maximum atomic E-state index is 12.0. The number of carbonyl (C=O) groups excluding carboxylic acids is 2. The molecule has 0 heterocycles. The second kappa shape index (κ2) is 6.31. The van der Waals surface area contributed by atoms with Gasteiger partial charge in [-0.3, -0.25) is 4.79 Å². The Bertz CT molecular complexity index is 517. The van der Waals surface area contributed by atoms with Crippen molar-refractivity contribution in [2.24, 2.45) is 0 Å². The van der Waals surface area contributed by atoms with Crippen LogP contribution in [-0.2, 0) is 4.74 Å². The van der Waals surface area contributed by atoms with Crippen molar-refractivity contribution in [3.63, 3.8) is 0 Å². The Hall–Kier alpha value is -1.67. The van der Waals surface area contributed by atoms with Gasteiger partial charge < -0.3 is 4.74 Å². The normalized spacial score (nSPS) is 11.4. The molecule has 4 nitrogen and oxygen atoms in total. The van der Waals surface area contributed by atoms with E-state index in [-0.39, 0.29) is 29.1 Å². The van der Waals surface area contributed by atoms with Crippen LogP contribution in [0.4, 0.5) is 0 Å². The Labute approximate surface area is 114 Å². The van der Waals surface area contributed by atoms with Crippen molar-refractivity contribution < 1.29 is 14.3 Å². The number of alkyl halides is 1. The number of halogens is 1. The zero-order valence-corrected chi connectivity index (χ0v) is 11.7. The molecule has 1 aromatic carbocycles. The Balaban J connectivity index is 3.39. The van der Waals surface area contributed by atoms with E-state index in [1.165, 1.54) is 12.1 Å². The lowest BCUT2D eigenvalue weighted by atomic mass is 9.97. The summed E-state index contributed by atoms with van der Waals surface area (Å²) in [5.74, 6) is -0.902. The van der Waals surface area contributed by atoms with Gasteiger partial charge in [-0.1, -0.05) is 28.1 Å². The number of nitriles is 1. The lowest BCUT2D eigenvalue weighted by molar-refractivity contribution is 0.0523. The highest BCUT2D eigenvalue weighted by Gasteiger charge is 2.23. The smallest absolute Gasteiger partial charge is 0.340 e. The van der Waals surface area contributed by atoms with Gasteiger partial charge in [-0.2, -0.15) is 5.26 Å². The molecule has 0 bridgehead atoms. The lowest BCUT2D eigenvalue weighted by Crippen LogP contribution is -2.18. The van der Waals surface area contributed by atoms with E-state index in [4.69, 9.17) is 10.00 Å². The average molecular weight is 310 g/mol. The van der Waals surface area contributed by atoms with Crippen LogP contribution in [0.15, 0.2) is 18.2 Å². The summed E-state index contributed by atoms with van der Waals surface area (Å²) < 4.78 is 4.88. The summed E-state index contributed by atoms with van der Waals surface area (Å²) in [6.45, 7) is 3.52. The Morgan fingerprint density at radius 2 is 2.17 bits per heavy atom. The predicted molar refractivity (Wildman–Crippen MR) is 69.8 cm³/mol. The number of rotatable bonds is 4. The van der Waals surface area contributed by atoms with Gasteiger partial charge in [0.15, 0.2) is 5.78 Å². The minimum Gasteiger partial charge on any atom is -0.462 e. The van der Waals surface area contributed by atoms with Crippen LogP contribution in [0.5, 0.6) is 0 Å². The van der Waals surface area contributed by atoms with E-state index < -0.39 is 10.8 Å². The van der Waals surface area contributed by atoms with Gasteiger partial charge >= 0.3 is 5.97 Å². The van der Waals surface area contributed by atoms with Crippen molar-refractivity contribution in [2.45, 2.75) is 18.7 Å². The molecule has 1 aromatic rings. The van der Waals surface area contributed by atoms with Gasteiger partial charge in [0.05, 0.1) is 22.6 Å². The Morgan fingerprint density at radius 3 is 2.67 bits per heavy atom. The highest BCUT2D eigenvalue weighted by molar-refractivity contribution is 9.10. The van der Waals surface area contributed by atoms with Crippen LogP contribution in [0.2, 0.25) is 0 Å². The standard InChI is InChI=1S/C13H12BrNO3/c1-3-18-13(17)11-9(7-15)5-4-6-10(11)12(16)8(2)14/h4-6,8H,3H2,1-2H3. The van der Waals surface area contributed by atoms with Crippen LogP contribution in [0, 0.1) is 11.3 Å². The number of nitrogens with zero attached hydrogens (tertiary/aromatic N) is 1. The highest BCUT2D eigenvalue weighted by Crippen LogP contribution is 2.19. The summed E-state index contributed by atoms with van der Waals surface area (Å²) in [5.41, 5.74) is 0.391. The fraction of sp³-hybridized carbons (Fsp3) is 0.308. The third-order valence-corrected chi connectivity index (χ3v) is 2.71. The third kappa shape index (κ3) is 2.96. The summed E-state index contributed by atoms with van der Waals surface area (Å²) in [6.07, 6.45) is 0. The van der Waals surface area contributed by atoms with E-state index in [0.29, 0.717) is 0 Å². The minimum atomic E-state index is -0.647. The molecule has 1 unspecified atom stereocenters. The molecule has 0 spiro atoms. The van der Waals surface area contributed by atoms with Crippen molar-refractivity contribution in [2.75, 3.05) is 6.61 Å². The van der Waals surface area contributed by atoms with Crippen LogP contribution < -0.4 is 0 Å². The van der Waals surface area contributed by atoms with Crippen LogP contribution in [0.25, 0.3) is 0 Å². The van der Waals surface area contributed by atoms with Crippen molar-refractivity contribution in [1.29, 1.82) is 5.26 Å². The van der Waals surface area contributed by atoms with Crippen molar-refractivity contribution in [1.82, 2.24) is 0 Å². The first-order chi connectivity index (χ1) is 8.52. The molecule has 0 aliphatic rings. The topological polar surface area (TPSA) is 67.2 Å². The quantitative estimate of drug-likeness (QED) is 0.487. The number of hydrogen-bond donors (Lipinski definition) is 0. The summed E-state index contributed by atoms with van der Waals surface area (Å²) in [6, 6.07) is 6.48. The molecule has 1 atom stereocenters. The molecular weight excluding hydrogens is 298 g/mol. The van der Waals surface area contributed by atoms with Crippen LogP contribution in [-0.4, -0.2) is 23.2 Å². The first-order valence-electron chi connectivity index (χ1n) is 5.41. The molecule has 1 rings (SSSR count). The maximum Gasteiger partial charge on any atom is 0.340 e. The van der Waals surface area contributed by atoms with E-state index in [2.05, 4.69) is 15.9 Å². The van der Waals surface area contributed by atoms with Gasteiger partial charge in [0, 0.05) is 5.56 Å². The minimum absolute atomic E-state index is 0.0400. The van der Waals surface area contributed by atoms with Gasteiger partial charge in [0.1, 0.15) is 6.07 Å². The van der Waals surface area contributed by atoms with Gasteiger partial charge in [0.25, 0.3) is 0 Å². The molecule has 0 aromatic heterocycles. The average Bonchev–Trinajstić information content (AvgIpc) is 2.36. The van der Waals surface area contributed by atoms with E-state index in [0.717, 1.165) is 0 Å². The third-order valence-electron chi connectivity index (χ3n) is 2.29. The molecule has 0 fully saturated rings. The zero-order valence-electron chi connectivity index (χ0n) is 10.1. The Kier molecular flexibility index (Phi) is 5.05. The summed E-state index contributed by atoms with van der Waals surface area (Å²) in [7, 11) is 0. The SMILES string of the molecule is CCOC(=O)c1c(C#N)cccc1C(=O)C(C)Br. The monoisotopic (exact) mass is 309 g/mol. The van der Waals surface area contributed by atoms with Gasteiger partial charge in [0.2, 0.25) is 0 Å². The molecule has 0 amide bonds. The molecule has 5 heteroatoms. The number of ether oxygens (including phenoxy) is 1. The fourth-order valence-electron chi connectivity index (χ4n) is 1.49. The first-order valence-corrected chi connectivity index (χ1v) is 6.33. The molecule has 18 heavy (non-hydrogen) atoms. The largest absolute Gasteiger partial charge is 0.462 e. The molecule has 0 saturated carbocycles. The maximum absolute atomic E-state index is 12.0. The highest BCUT2D eigenvalue weighted by atomic mass is 79.9. The predicted octanol–water partition coefficient (Wildman–Crippen LogP) is 2.70. The molecule has 0 aliphatic carbocycles. The Morgan fingerprint density at radius 1 is 1.50 bits per heavy atom. The molecule has 0 saturated heterocycles. The molecule has 0 aliphatic heterocycles. The number of carbonyl (C=O) groups is 2. The number of esters is 1. The van der Waals surface area contributed by atoms with Crippen molar-refractivity contribution in [3.8, 4) is 6.07 Å². The number of hydrogen-bond acceptors (Lipinski definition) is 4. The van der Waals surface area contributed by atoms with Gasteiger partial charge in [-0.25, -0.2) is 4.79 Å². The van der Waals surface area contributed by atoms with E-state index in [9.17, 15) is 9.59 Å². The van der Waals surface area contributed by atoms with Crippen molar-refractivity contribution >= 4 is 27.7 Å². The van der Waals surface area contributed by atoms with Crippen LogP contribution in [0.3, 0.4) is 0 Å². The zero-order chi connectivity index (χ0) is 13.7. The number of Topliss-reactive ketones (excluding diaryl/α,β-unsaturated/α-hetero) is 1.